The van der Waals surface area contributed by atoms with Crippen LogP contribution in [0.4, 0.5) is 0 Å². The number of halogens is 1. The quantitative estimate of drug-likeness (QED) is 0.405. The Hall–Kier alpha value is -0.0100. The summed E-state index contributed by atoms with van der Waals surface area (Å²) in [4.78, 5) is 0. The van der Waals surface area contributed by atoms with E-state index in [1.54, 1.807) is 12.2 Å². The Morgan fingerprint density at radius 1 is 1.71 bits per heavy atom. The highest BCUT2D eigenvalue weighted by Crippen LogP contribution is 1.78. The minimum absolute atomic E-state index is 0.254. The van der Waals surface area contributed by atoms with Gasteiger partial charge < -0.3 is 4.74 Å². The highest BCUT2D eigenvalue weighted by atomic mass is 35.5. The second-order valence-corrected chi connectivity index (χ2v) is 1.17. The first-order valence-electron chi connectivity index (χ1n) is 1.99. The Kier molecular flexibility index (Phi) is 5.98. The smallest absolute Gasteiger partial charge is 0.121 e. The van der Waals surface area contributed by atoms with Crippen molar-refractivity contribution in [1.82, 2.24) is 0 Å². The molecule has 0 fully saturated rings. The molecule has 7 heavy (non-hydrogen) atoms. The molecule has 0 aliphatic carbocycles. The van der Waals surface area contributed by atoms with Crippen molar-refractivity contribution in [2.24, 2.45) is 0 Å². The SMILES string of the molecule is [CH2]/C=C/COCCl. The van der Waals surface area contributed by atoms with E-state index < -0.39 is 0 Å². The van der Waals surface area contributed by atoms with E-state index in [-0.39, 0.29) is 6.07 Å². The van der Waals surface area contributed by atoms with Gasteiger partial charge in [0.2, 0.25) is 0 Å². The summed E-state index contributed by atoms with van der Waals surface area (Å²) >= 11 is 5.16. The van der Waals surface area contributed by atoms with Gasteiger partial charge in [0.25, 0.3) is 0 Å². The molecular weight excluding hydrogens is 112 g/mol. The molecule has 0 atom stereocenters. The Balaban J connectivity index is 2.69. The van der Waals surface area contributed by atoms with Crippen LogP contribution in [0, 0.1) is 6.92 Å². The molecule has 1 nitrogen and oxygen atoms in total. The van der Waals surface area contributed by atoms with Gasteiger partial charge in [-0.05, 0) is 6.92 Å². The van der Waals surface area contributed by atoms with Crippen molar-refractivity contribution in [1.29, 1.82) is 0 Å². The molecule has 0 spiro atoms. The third kappa shape index (κ3) is 5.99. The van der Waals surface area contributed by atoms with Crippen LogP contribution in [-0.4, -0.2) is 12.7 Å². The lowest BCUT2D eigenvalue weighted by atomic mass is 10.6. The first-order valence-corrected chi connectivity index (χ1v) is 2.53. The van der Waals surface area contributed by atoms with Crippen LogP contribution in [0.3, 0.4) is 0 Å². The molecule has 0 heterocycles. The average molecular weight is 120 g/mol. The summed E-state index contributed by atoms with van der Waals surface area (Å²) in [7, 11) is 0. The normalized spacial score (nSPS) is 10.6. The molecular formula is C5H8ClO. The fraction of sp³-hybridized carbons (Fsp3) is 0.400. The maximum atomic E-state index is 5.16. The van der Waals surface area contributed by atoms with Crippen molar-refractivity contribution >= 4 is 11.6 Å². The van der Waals surface area contributed by atoms with Crippen molar-refractivity contribution in [2.45, 2.75) is 0 Å². The van der Waals surface area contributed by atoms with E-state index in [2.05, 4.69) is 6.92 Å². The molecule has 0 aliphatic rings. The zero-order chi connectivity index (χ0) is 5.54. The molecule has 0 unspecified atom stereocenters. The molecule has 0 bridgehead atoms. The van der Waals surface area contributed by atoms with E-state index in [1.165, 1.54) is 0 Å². The van der Waals surface area contributed by atoms with Crippen molar-refractivity contribution in [3.63, 3.8) is 0 Å². The standard InChI is InChI=1S/C5H8ClO/c1-2-3-4-7-5-6/h2-3H,1,4-5H2/b3-2+. The van der Waals surface area contributed by atoms with E-state index in [9.17, 15) is 0 Å². The topological polar surface area (TPSA) is 9.23 Å². The second-order valence-electron chi connectivity index (χ2n) is 0.951. The Labute approximate surface area is 48.9 Å². The molecule has 0 aromatic heterocycles. The van der Waals surface area contributed by atoms with E-state index in [4.69, 9.17) is 16.3 Å². The highest BCUT2D eigenvalue weighted by Gasteiger charge is 1.71. The Bertz CT molecular complexity index is 52.0. The first-order chi connectivity index (χ1) is 3.41. The largest absolute Gasteiger partial charge is 0.362 e. The van der Waals surface area contributed by atoms with Crippen LogP contribution in [-0.2, 0) is 4.74 Å². The fourth-order valence-corrected chi connectivity index (χ4v) is 0.270. The van der Waals surface area contributed by atoms with Crippen molar-refractivity contribution in [3.8, 4) is 0 Å². The third-order valence-electron chi connectivity index (χ3n) is 0.458. The molecule has 0 saturated heterocycles. The van der Waals surface area contributed by atoms with Crippen molar-refractivity contribution < 1.29 is 4.74 Å². The third-order valence-corrected chi connectivity index (χ3v) is 0.612. The molecule has 0 aromatic carbocycles. The van der Waals surface area contributed by atoms with Crippen LogP contribution in [0.5, 0.6) is 0 Å². The molecule has 1 radical (unpaired) electrons. The fourth-order valence-electron chi connectivity index (χ4n) is 0.181. The van der Waals surface area contributed by atoms with Crippen LogP contribution in [0.1, 0.15) is 0 Å². The monoisotopic (exact) mass is 119 g/mol. The van der Waals surface area contributed by atoms with Gasteiger partial charge in [-0.3, -0.25) is 0 Å². The summed E-state index contributed by atoms with van der Waals surface area (Å²) in [6.07, 6.45) is 3.47. The molecule has 41 valence electrons. The van der Waals surface area contributed by atoms with Gasteiger partial charge >= 0.3 is 0 Å². The number of rotatable bonds is 3. The zero-order valence-corrected chi connectivity index (χ0v) is 4.82. The predicted octanol–water partition coefficient (Wildman–Crippen LogP) is 1.59. The zero-order valence-electron chi connectivity index (χ0n) is 4.06. The summed E-state index contributed by atoms with van der Waals surface area (Å²) in [5.41, 5.74) is 0. The lowest BCUT2D eigenvalue weighted by molar-refractivity contribution is 0.212. The molecule has 0 aliphatic heterocycles. The van der Waals surface area contributed by atoms with Crippen molar-refractivity contribution in [2.75, 3.05) is 12.7 Å². The van der Waals surface area contributed by atoms with Gasteiger partial charge in [0, 0.05) is 0 Å². The second kappa shape index (κ2) is 5.99. The number of hydrogen-bond acceptors (Lipinski definition) is 1. The molecule has 0 amide bonds. The van der Waals surface area contributed by atoms with Gasteiger partial charge in [0.05, 0.1) is 6.61 Å². The Morgan fingerprint density at radius 2 is 2.43 bits per heavy atom. The molecule has 0 saturated carbocycles. The van der Waals surface area contributed by atoms with Crippen LogP contribution in [0.2, 0.25) is 0 Å². The molecule has 0 aromatic rings. The minimum Gasteiger partial charge on any atom is -0.362 e. The van der Waals surface area contributed by atoms with Crippen LogP contribution in [0.25, 0.3) is 0 Å². The highest BCUT2D eigenvalue weighted by molar-refractivity contribution is 6.17. The first kappa shape index (κ1) is 6.99. The van der Waals surface area contributed by atoms with E-state index >= 15 is 0 Å². The number of alkyl halides is 1. The van der Waals surface area contributed by atoms with Gasteiger partial charge in [-0.25, -0.2) is 0 Å². The van der Waals surface area contributed by atoms with E-state index in [1.807, 2.05) is 0 Å². The van der Waals surface area contributed by atoms with Crippen molar-refractivity contribution in [3.05, 3.63) is 19.1 Å². The number of ether oxygens (including phenoxy) is 1. The maximum absolute atomic E-state index is 5.16. The van der Waals surface area contributed by atoms with Crippen LogP contribution < -0.4 is 0 Å². The van der Waals surface area contributed by atoms with Gasteiger partial charge in [-0.1, -0.05) is 23.8 Å². The van der Waals surface area contributed by atoms with Gasteiger partial charge in [0.15, 0.2) is 0 Å². The number of hydrogen-bond donors (Lipinski definition) is 0. The lowest BCUT2D eigenvalue weighted by Crippen LogP contribution is -1.84. The maximum Gasteiger partial charge on any atom is 0.121 e. The van der Waals surface area contributed by atoms with Crippen LogP contribution in [0.15, 0.2) is 12.2 Å². The summed E-state index contributed by atoms with van der Waals surface area (Å²) in [6.45, 7) is 4.02. The molecule has 2 heteroatoms. The van der Waals surface area contributed by atoms with Gasteiger partial charge in [0.1, 0.15) is 6.07 Å². The van der Waals surface area contributed by atoms with E-state index in [0.717, 1.165) is 0 Å². The van der Waals surface area contributed by atoms with Crippen LogP contribution >= 0.6 is 11.6 Å². The summed E-state index contributed by atoms with van der Waals surface area (Å²) in [5.74, 6) is 0. The van der Waals surface area contributed by atoms with E-state index in [0.29, 0.717) is 6.61 Å². The average Bonchev–Trinajstić information content (AvgIpc) is 1.69. The summed E-state index contributed by atoms with van der Waals surface area (Å²) in [5, 5.41) is 0. The molecule has 0 rings (SSSR count). The Morgan fingerprint density at radius 3 is 2.86 bits per heavy atom. The summed E-state index contributed by atoms with van der Waals surface area (Å²) < 4.78 is 4.71. The minimum atomic E-state index is 0.254. The number of allylic oxidation sites excluding steroid dienone is 1. The predicted molar refractivity (Wildman–Crippen MR) is 31.2 cm³/mol. The van der Waals surface area contributed by atoms with Gasteiger partial charge in [-0.2, -0.15) is 0 Å². The molecule has 0 N–H and O–H groups in total. The summed E-state index contributed by atoms with van der Waals surface area (Å²) in [6, 6.07) is 0.254. The van der Waals surface area contributed by atoms with Gasteiger partial charge in [-0.15, -0.1) is 0 Å². The lowest BCUT2D eigenvalue weighted by Gasteiger charge is -1.87.